The van der Waals surface area contributed by atoms with Crippen LogP contribution in [-0.4, -0.2) is 11.6 Å². The van der Waals surface area contributed by atoms with Gasteiger partial charge in [-0.3, -0.25) is 9.59 Å². The molecule has 3 nitrogen and oxygen atoms in total. The number of thiophene rings is 1. The highest BCUT2D eigenvalue weighted by Gasteiger charge is 2.34. The number of carbonyl (C=O) groups excluding carboxylic acids is 2. The maximum Gasteiger partial charge on any atom is 0.197 e. The number of hydrogen-bond donors (Lipinski definition) is 0. The normalized spacial score (nSPS) is 13.3. The summed E-state index contributed by atoms with van der Waals surface area (Å²) in [6.07, 6.45) is 1.41. The third kappa shape index (κ3) is 3.23. The number of rotatable bonds is 2. The van der Waals surface area contributed by atoms with Gasteiger partial charge in [-0.15, -0.1) is 20.6 Å². The van der Waals surface area contributed by atoms with E-state index in [4.69, 9.17) is 4.42 Å². The van der Waals surface area contributed by atoms with Gasteiger partial charge in [-0.05, 0) is 35.9 Å². The molecule has 0 saturated heterocycles. The van der Waals surface area contributed by atoms with Crippen LogP contribution in [0.1, 0.15) is 32.0 Å². The van der Waals surface area contributed by atoms with Crippen LogP contribution in [0.15, 0.2) is 58.5 Å². The van der Waals surface area contributed by atoms with E-state index >= 15 is 0 Å². The Balaban J connectivity index is 1.40. The molecule has 1 atom stereocenters. The first kappa shape index (κ1) is 22.0. The van der Waals surface area contributed by atoms with Crippen LogP contribution in [0, 0.1) is 24.4 Å². The smallest absolute Gasteiger partial charge is 0.197 e. The molecule has 0 spiro atoms. The van der Waals surface area contributed by atoms with Crippen molar-refractivity contribution in [3.8, 4) is 10.4 Å². The average Bonchev–Trinajstić information content (AvgIpc) is 3.48. The summed E-state index contributed by atoms with van der Waals surface area (Å²) in [6, 6.07) is 14.1. The van der Waals surface area contributed by atoms with Gasteiger partial charge in [0, 0.05) is 44.6 Å². The molecule has 3 aromatic carbocycles. The quantitative estimate of drug-likeness (QED) is 0.112. The summed E-state index contributed by atoms with van der Waals surface area (Å²) in [7, 11) is 2.05. The Hall–Kier alpha value is -3.54. The molecule has 8 heteroatoms. The van der Waals surface area contributed by atoms with Crippen LogP contribution in [0.3, 0.4) is 0 Å². The fraction of sp³-hybridized carbons (Fsp3) is 0.0370. The fourth-order valence-electron chi connectivity index (χ4n) is 4.37. The summed E-state index contributed by atoms with van der Waals surface area (Å²) in [6.45, 7) is 1.18. The molecule has 0 saturated carbocycles. The second-order valence-electron chi connectivity index (χ2n) is 8.30. The molecule has 0 aliphatic heterocycles. The monoisotopic (exact) mass is 506 g/mol. The van der Waals surface area contributed by atoms with E-state index in [9.17, 15) is 22.8 Å². The first-order chi connectivity index (χ1) is 16.7. The van der Waals surface area contributed by atoms with E-state index in [1.165, 1.54) is 19.1 Å². The van der Waals surface area contributed by atoms with Crippen molar-refractivity contribution in [2.24, 2.45) is 0 Å². The zero-order chi connectivity index (χ0) is 24.6. The Kier molecular flexibility index (Phi) is 4.85. The molecule has 0 N–H and O–H groups in total. The van der Waals surface area contributed by atoms with Crippen molar-refractivity contribution in [2.75, 3.05) is 0 Å². The Morgan fingerprint density at radius 3 is 2.11 bits per heavy atom. The van der Waals surface area contributed by atoms with E-state index in [1.807, 2.05) is 33.5 Å². The van der Waals surface area contributed by atoms with Gasteiger partial charge in [0.05, 0.1) is 10.3 Å². The van der Waals surface area contributed by atoms with Crippen LogP contribution < -0.4 is 5.30 Å². The second-order valence-corrected chi connectivity index (χ2v) is 9.97. The van der Waals surface area contributed by atoms with Crippen molar-refractivity contribution < 1.29 is 27.2 Å². The number of hydrogen-bond acceptors (Lipinski definition) is 4. The molecule has 1 unspecified atom stereocenters. The lowest BCUT2D eigenvalue weighted by molar-refractivity contribution is 0.0990. The van der Waals surface area contributed by atoms with Crippen LogP contribution in [0.25, 0.3) is 37.6 Å². The number of ketones is 2. The lowest BCUT2D eigenvalue weighted by Crippen LogP contribution is -2.11. The van der Waals surface area contributed by atoms with E-state index in [2.05, 4.69) is 0 Å². The van der Waals surface area contributed by atoms with E-state index in [0.29, 0.717) is 32.0 Å². The van der Waals surface area contributed by atoms with E-state index in [0.717, 1.165) is 22.1 Å². The zero-order valence-corrected chi connectivity index (χ0v) is 20.0. The highest BCUT2D eigenvalue weighted by atomic mass is 32.1. The molecule has 0 amide bonds. The molecule has 172 valence electrons. The lowest BCUT2D eigenvalue weighted by Gasteiger charge is -2.10. The highest BCUT2D eigenvalue weighted by Crippen LogP contribution is 2.39. The Morgan fingerprint density at radius 1 is 0.886 bits per heavy atom. The van der Waals surface area contributed by atoms with Crippen LogP contribution in [0.5, 0.6) is 0 Å². The maximum atomic E-state index is 14.8. The minimum absolute atomic E-state index is 0.00597. The lowest BCUT2D eigenvalue weighted by atomic mass is 10.0. The van der Waals surface area contributed by atoms with Gasteiger partial charge in [-0.1, -0.05) is 24.3 Å². The van der Waals surface area contributed by atoms with Crippen molar-refractivity contribution in [1.82, 2.24) is 0 Å². The molecule has 1 aliphatic carbocycles. The summed E-state index contributed by atoms with van der Waals surface area (Å²) in [5, 5.41) is 1.53. The molecule has 6 rings (SSSR count). The summed E-state index contributed by atoms with van der Waals surface area (Å²) < 4.78 is 49.3. The standard InChI is InChI=1S/C27H14F3O3PS/c1-11-22(28)21(27(34)24(30)23(11)29)20-10-18-19(35-20)9-14(33-18)8-17-25(31)15-6-12-4-2-3-5-13(12)7-16(15)26(17)32/h2-10H,34H2,1H3. The molecule has 35 heavy (non-hydrogen) atoms. The number of allylic oxidation sites excluding steroid dienone is 1. The van der Waals surface area contributed by atoms with E-state index in [-0.39, 0.29) is 28.0 Å². The highest BCUT2D eigenvalue weighted by molar-refractivity contribution is 7.28. The van der Waals surface area contributed by atoms with Crippen molar-refractivity contribution in [2.45, 2.75) is 6.92 Å². The van der Waals surface area contributed by atoms with Gasteiger partial charge in [-0.2, -0.15) is 0 Å². The summed E-state index contributed by atoms with van der Waals surface area (Å²) >= 11 is 1.14. The summed E-state index contributed by atoms with van der Waals surface area (Å²) in [5.41, 5.74) is 0.646. The van der Waals surface area contributed by atoms with E-state index in [1.54, 1.807) is 18.2 Å². The molecule has 0 bridgehead atoms. The second kappa shape index (κ2) is 7.74. The minimum atomic E-state index is -1.22. The van der Waals surface area contributed by atoms with Gasteiger partial charge >= 0.3 is 0 Å². The van der Waals surface area contributed by atoms with E-state index < -0.39 is 23.0 Å². The molecule has 1 aliphatic rings. The van der Waals surface area contributed by atoms with Crippen molar-refractivity contribution in [3.05, 3.63) is 94.0 Å². The third-order valence-electron chi connectivity index (χ3n) is 6.20. The van der Waals surface area contributed by atoms with Crippen molar-refractivity contribution >= 4 is 64.6 Å². The zero-order valence-electron chi connectivity index (χ0n) is 18.0. The van der Waals surface area contributed by atoms with Crippen molar-refractivity contribution in [3.63, 3.8) is 0 Å². The van der Waals surface area contributed by atoms with Gasteiger partial charge in [0.25, 0.3) is 0 Å². The van der Waals surface area contributed by atoms with Crippen LogP contribution in [0.2, 0.25) is 0 Å². The van der Waals surface area contributed by atoms with Gasteiger partial charge in [-0.25, -0.2) is 13.2 Å². The Morgan fingerprint density at radius 2 is 1.51 bits per heavy atom. The van der Waals surface area contributed by atoms with Crippen LogP contribution >= 0.6 is 20.6 Å². The number of halogens is 3. The van der Waals surface area contributed by atoms with Gasteiger partial charge in [0.1, 0.15) is 17.2 Å². The van der Waals surface area contributed by atoms with Crippen LogP contribution in [-0.2, 0) is 0 Å². The number of Topliss-reactive ketones (excluding diaryl/α,β-unsaturated/α-hetero) is 2. The fourth-order valence-corrected chi connectivity index (χ4v) is 5.96. The summed E-state index contributed by atoms with van der Waals surface area (Å²) in [4.78, 5) is 26.3. The number of benzene rings is 3. The first-order valence-electron chi connectivity index (χ1n) is 10.5. The van der Waals surface area contributed by atoms with Gasteiger partial charge < -0.3 is 4.42 Å². The average molecular weight is 506 g/mol. The summed E-state index contributed by atoms with van der Waals surface area (Å²) in [5.74, 6) is -3.63. The third-order valence-corrected chi connectivity index (χ3v) is 7.82. The topological polar surface area (TPSA) is 47.3 Å². The predicted molar refractivity (Wildman–Crippen MR) is 134 cm³/mol. The SMILES string of the molecule is Cc1c(F)c(F)c(P)c(-c2cc3oc(C=C4C(=O)c5cc6ccccc6cc5C4=O)cc3s2)c1F. The molecule has 2 heterocycles. The largest absolute Gasteiger partial charge is 0.456 e. The number of carbonyl (C=O) groups is 2. The molecule has 0 fully saturated rings. The predicted octanol–water partition coefficient (Wildman–Crippen LogP) is 7.00. The first-order valence-corrected chi connectivity index (χ1v) is 11.9. The molecular formula is C27H14F3O3PS. The molecular weight excluding hydrogens is 492 g/mol. The minimum Gasteiger partial charge on any atom is -0.456 e. The molecule has 2 aromatic heterocycles. The van der Waals surface area contributed by atoms with Gasteiger partial charge in [0.15, 0.2) is 23.2 Å². The maximum absolute atomic E-state index is 14.8. The van der Waals surface area contributed by atoms with Crippen LogP contribution in [0.4, 0.5) is 13.2 Å². The number of furan rings is 1. The molecule has 5 aromatic rings. The molecule has 0 radical (unpaired) electrons. The Labute approximate surface area is 203 Å². The number of fused-ring (bicyclic) bond motifs is 3. The van der Waals surface area contributed by atoms with Gasteiger partial charge in [0.2, 0.25) is 0 Å². The van der Waals surface area contributed by atoms with Crippen molar-refractivity contribution in [1.29, 1.82) is 0 Å². The Bertz CT molecular complexity index is 1680.